The molecule has 4 aromatic carbocycles. The van der Waals surface area contributed by atoms with Crippen LogP contribution in [-0.2, 0) is 41.6 Å². The molecule has 5 rings (SSSR count). The second kappa shape index (κ2) is 21.9. The molecule has 4 atom stereocenters. The molecule has 0 aliphatic carbocycles. The number of rotatable bonds is 20. The first-order chi connectivity index (χ1) is 30.0. The summed E-state index contributed by atoms with van der Waals surface area (Å²) in [7, 11) is 0. The van der Waals surface area contributed by atoms with Gasteiger partial charge in [0.2, 0.25) is 23.6 Å². The predicted octanol–water partition coefficient (Wildman–Crippen LogP) is 4.41. The van der Waals surface area contributed by atoms with Crippen LogP contribution in [0.25, 0.3) is 21.7 Å². The summed E-state index contributed by atoms with van der Waals surface area (Å²) in [5.41, 5.74) is 7.45. The van der Waals surface area contributed by atoms with E-state index >= 15 is 0 Å². The zero-order valence-corrected chi connectivity index (χ0v) is 35.4. The number of benzene rings is 4. The van der Waals surface area contributed by atoms with E-state index < -0.39 is 77.9 Å². The number of urea groups is 1. The zero-order chi connectivity index (χ0) is 45.5. The molecule has 17 nitrogen and oxygen atoms in total. The van der Waals surface area contributed by atoms with E-state index in [4.69, 9.17) is 10.5 Å². The molecular weight excluding hydrogens is 809 g/mol. The van der Waals surface area contributed by atoms with Crippen molar-refractivity contribution < 1.29 is 43.4 Å². The molecule has 10 N–H and O–H groups in total. The highest BCUT2D eigenvalue weighted by atomic mass is 16.6. The van der Waals surface area contributed by atoms with Crippen LogP contribution in [0.5, 0.6) is 0 Å². The number of hydrogen-bond acceptors (Lipinski definition) is 8. The molecule has 0 saturated carbocycles. The minimum Gasteiger partial charge on any atom is -0.481 e. The Morgan fingerprint density at radius 3 is 2.05 bits per heavy atom. The van der Waals surface area contributed by atoms with E-state index in [0.717, 1.165) is 21.7 Å². The van der Waals surface area contributed by atoms with Gasteiger partial charge in [-0.3, -0.25) is 24.0 Å². The lowest BCUT2D eigenvalue weighted by Gasteiger charge is -2.27. The molecule has 0 radical (unpaired) electrons. The Hall–Kier alpha value is -7.43. The van der Waals surface area contributed by atoms with Crippen molar-refractivity contribution in [3.8, 4) is 0 Å². The zero-order valence-electron chi connectivity index (χ0n) is 35.4. The molecule has 1 aromatic heterocycles. The minimum atomic E-state index is -1.69. The summed E-state index contributed by atoms with van der Waals surface area (Å²) in [6.45, 7) is 5.19. The van der Waals surface area contributed by atoms with Gasteiger partial charge < -0.3 is 52.5 Å². The Labute approximate surface area is 364 Å². The second-order valence-electron chi connectivity index (χ2n) is 16.1. The molecule has 0 saturated heterocycles. The number of alkyl carbamates (subject to hydrolysis) is 1. The van der Waals surface area contributed by atoms with Crippen molar-refractivity contribution in [1.82, 2.24) is 31.6 Å². The fourth-order valence-electron chi connectivity index (χ4n) is 6.84. The van der Waals surface area contributed by atoms with Gasteiger partial charge in [-0.2, -0.15) is 0 Å². The average molecular weight is 863 g/mol. The van der Waals surface area contributed by atoms with Crippen LogP contribution in [0.3, 0.4) is 0 Å². The number of aliphatic carboxylic acids is 1. The lowest BCUT2D eigenvalue weighted by Crippen LogP contribution is -2.59. The summed E-state index contributed by atoms with van der Waals surface area (Å²) in [6, 6.07) is 23.3. The second-order valence-corrected chi connectivity index (χ2v) is 16.1. The minimum absolute atomic E-state index is 0.00507. The van der Waals surface area contributed by atoms with Crippen LogP contribution in [0.1, 0.15) is 57.6 Å². The van der Waals surface area contributed by atoms with Crippen molar-refractivity contribution in [1.29, 1.82) is 0 Å². The number of hydrogen-bond donors (Lipinski definition) is 9. The Morgan fingerprint density at radius 1 is 0.698 bits per heavy atom. The molecule has 63 heavy (non-hydrogen) atoms. The van der Waals surface area contributed by atoms with E-state index in [1.165, 1.54) is 0 Å². The van der Waals surface area contributed by atoms with E-state index in [2.05, 4.69) is 36.9 Å². The quantitative estimate of drug-likeness (QED) is 0.0502. The van der Waals surface area contributed by atoms with Crippen molar-refractivity contribution in [2.24, 2.45) is 5.73 Å². The van der Waals surface area contributed by atoms with Gasteiger partial charge in [-0.1, -0.05) is 78.9 Å². The van der Waals surface area contributed by atoms with Crippen molar-refractivity contribution >= 4 is 69.1 Å². The van der Waals surface area contributed by atoms with Gasteiger partial charge >= 0.3 is 18.1 Å². The first-order valence-corrected chi connectivity index (χ1v) is 20.6. The maximum atomic E-state index is 14.2. The normalized spacial score (nSPS) is 13.1. The lowest BCUT2D eigenvalue weighted by molar-refractivity contribution is -0.141. The molecule has 0 fully saturated rings. The number of unbranched alkanes of at least 4 members (excludes halogenated alkanes) is 1. The van der Waals surface area contributed by atoms with Gasteiger partial charge in [-0.15, -0.1) is 0 Å². The third-order valence-electron chi connectivity index (χ3n) is 9.91. The number of nitrogens with two attached hydrogens (primary N) is 1. The van der Waals surface area contributed by atoms with Crippen LogP contribution in [0.15, 0.2) is 103 Å². The van der Waals surface area contributed by atoms with Gasteiger partial charge in [0, 0.05) is 42.2 Å². The number of ether oxygens (including phenoxy) is 1. The summed E-state index contributed by atoms with van der Waals surface area (Å²) in [5, 5.41) is 28.3. The van der Waals surface area contributed by atoms with E-state index in [0.29, 0.717) is 23.2 Å². The molecule has 332 valence electrons. The van der Waals surface area contributed by atoms with E-state index in [1.807, 2.05) is 60.7 Å². The number of amides is 7. The number of H-pyrrole nitrogens is 1. The van der Waals surface area contributed by atoms with Crippen LogP contribution < -0.4 is 37.6 Å². The number of carboxylic acids is 1. The highest BCUT2D eigenvalue weighted by Gasteiger charge is 2.33. The number of nitrogens with one attached hydrogen (secondary N) is 7. The predicted molar refractivity (Wildman–Crippen MR) is 237 cm³/mol. The number of aromatic amines is 1. The monoisotopic (exact) mass is 862 g/mol. The Kier molecular flexibility index (Phi) is 16.2. The molecule has 0 aliphatic rings. The molecule has 17 heteroatoms. The van der Waals surface area contributed by atoms with Crippen molar-refractivity contribution in [2.75, 3.05) is 11.9 Å². The topological polar surface area (TPSA) is 263 Å². The number of anilines is 1. The number of para-hydroxylation sites is 1. The molecule has 5 aromatic rings. The number of aromatic nitrogens is 1. The average Bonchev–Trinajstić information content (AvgIpc) is 3.64. The molecule has 0 aliphatic heterocycles. The van der Waals surface area contributed by atoms with Gasteiger partial charge in [0.15, 0.2) is 0 Å². The van der Waals surface area contributed by atoms with Crippen LogP contribution in [0.4, 0.5) is 15.3 Å². The molecule has 1 heterocycles. The third-order valence-corrected chi connectivity index (χ3v) is 9.91. The Balaban J connectivity index is 1.32. The van der Waals surface area contributed by atoms with Gasteiger partial charge in [-0.25, -0.2) is 9.59 Å². The van der Waals surface area contributed by atoms with E-state index in [1.54, 1.807) is 63.4 Å². The third kappa shape index (κ3) is 14.6. The van der Waals surface area contributed by atoms with Gasteiger partial charge in [0.05, 0.1) is 6.42 Å². The van der Waals surface area contributed by atoms with Gasteiger partial charge in [-0.05, 0) is 80.1 Å². The summed E-state index contributed by atoms with van der Waals surface area (Å²) in [5.74, 6) is -4.97. The Morgan fingerprint density at radius 2 is 1.33 bits per heavy atom. The highest BCUT2D eigenvalue weighted by Crippen LogP contribution is 2.21. The van der Waals surface area contributed by atoms with E-state index in [9.17, 15) is 38.7 Å². The molecule has 0 bridgehead atoms. The van der Waals surface area contributed by atoms with Crippen molar-refractivity contribution in [3.63, 3.8) is 0 Å². The molecule has 7 amide bonds. The van der Waals surface area contributed by atoms with Crippen molar-refractivity contribution in [3.05, 3.63) is 114 Å². The standard InChI is InChI=1S/C46H54N8O9/c1-46(2,3)63-45(62)54-37(25-31-27-49-34-18-10-9-17-33(31)34)42(59)51-35(19-11-12-22-48-44(61)50-32-21-20-29-15-7-8-16-30(29)24-32)41(58)53-38(26-39(55)56)43(60)52-36(40(47)57)23-28-13-5-4-6-14-28/h4-10,13-18,20-21,24,27,35-38,49H,11-12,19,22-23,25-26H2,1-3H3,(H2,47,57)(H,51,59)(H,52,60)(H,53,58)(H,54,62)(H,55,56)(H2,48,50,61)/t35-,36-,37-,38-/m0/s1. The van der Waals surface area contributed by atoms with Gasteiger partial charge in [0.25, 0.3) is 0 Å². The van der Waals surface area contributed by atoms with Crippen LogP contribution >= 0.6 is 0 Å². The smallest absolute Gasteiger partial charge is 0.408 e. The fraction of sp³-hybridized carbons (Fsp3) is 0.326. The van der Waals surface area contributed by atoms with Crippen LogP contribution in [-0.4, -0.2) is 88.1 Å². The summed E-state index contributed by atoms with van der Waals surface area (Å²) >= 11 is 0. The molecule has 0 spiro atoms. The highest BCUT2D eigenvalue weighted by molar-refractivity contribution is 5.97. The van der Waals surface area contributed by atoms with Gasteiger partial charge in [0.1, 0.15) is 29.8 Å². The fourth-order valence-corrected chi connectivity index (χ4v) is 6.84. The summed E-state index contributed by atoms with van der Waals surface area (Å²) < 4.78 is 5.46. The first-order valence-electron chi connectivity index (χ1n) is 20.6. The number of carbonyl (C=O) groups excluding carboxylic acids is 6. The number of carboxylic acid groups (broad SMARTS) is 1. The maximum Gasteiger partial charge on any atom is 0.408 e. The summed E-state index contributed by atoms with van der Waals surface area (Å²) in [6.07, 6.45) is 0.531. The van der Waals surface area contributed by atoms with E-state index in [-0.39, 0.29) is 32.2 Å². The van der Waals surface area contributed by atoms with Crippen LogP contribution in [0, 0.1) is 0 Å². The SMILES string of the molecule is CC(C)(C)OC(=O)N[C@@H](Cc1c[nH]c2ccccc12)C(=O)N[C@@H](CCCCNC(=O)Nc1ccc2ccccc2c1)C(=O)N[C@@H](CC(=O)O)C(=O)N[C@@H](Cc1ccccc1)C(N)=O. The molecule has 0 unspecified atom stereocenters. The van der Waals surface area contributed by atoms with Crippen LogP contribution in [0.2, 0.25) is 0 Å². The number of carbonyl (C=O) groups is 7. The number of primary amides is 1. The first kappa shape index (κ1) is 46.6. The lowest BCUT2D eigenvalue weighted by atomic mass is 10.0. The van der Waals surface area contributed by atoms with Crippen molar-refractivity contribution in [2.45, 2.75) is 89.1 Å². The largest absolute Gasteiger partial charge is 0.481 e. The maximum absolute atomic E-state index is 14.2. The molecular formula is C46H54N8O9. The Bertz CT molecular complexity index is 2410. The summed E-state index contributed by atoms with van der Waals surface area (Å²) in [4.78, 5) is 95.1. The number of fused-ring (bicyclic) bond motifs is 2.